The second-order valence-electron chi connectivity index (χ2n) is 7.87. The van der Waals surface area contributed by atoms with Gasteiger partial charge in [-0.2, -0.15) is 0 Å². The lowest BCUT2D eigenvalue weighted by Crippen LogP contribution is -2.10. The molecule has 3 heteroatoms. The van der Waals surface area contributed by atoms with E-state index in [1.807, 2.05) is 12.1 Å². The molecule has 0 radical (unpaired) electrons. The molecule has 0 unspecified atom stereocenters. The Hall–Kier alpha value is -3.07. The summed E-state index contributed by atoms with van der Waals surface area (Å²) < 4.78 is 7.68. The van der Waals surface area contributed by atoms with Crippen molar-refractivity contribution in [1.29, 1.82) is 0 Å². The summed E-state index contributed by atoms with van der Waals surface area (Å²) in [6, 6.07) is 19.0. The van der Waals surface area contributed by atoms with Crippen LogP contribution in [0.3, 0.4) is 0 Å². The highest BCUT2D eigenvalue weighted by Gasteiger charge is 2.15. The molecule has 0 aliphatic carbocycles. The average molecular weight is 385 g/mol. The molecule has 1 heterocycles. The zero-order valence-electron chi connectivity index (χ0n) is 17.9. The van der Waals surface area contributed by atoms with Crippen LogP contribution in [0.2, 0.25) is 0 Å². The summed E-state index contributed by atoms with van der Waals surface area (Å²) in [5.74, 6) is 1.97. The van der Waals surface area contributed by atoms with Crippen LogP contribution in [-0.4, -0.2) is 16.7 Å². The molecular formula is C26H28N2O. The molecule has 0 saturated heterocycles. The Morgan fingerprint density at radius 3 is 2.17 bits per heavy atom. The van der Waals surface area contributed by atoms with Crippen LogP contribution in [0.5, 0.6) is 5.75 Å². The van der Waals surface area contributed by atoms with Crippen molar-refractivity contribution in [3.8, 4) is 5.75 Å². The normalized spacial score (nSPS) is 11.2. The number of aromatic nitrogens is 2. The quantitative estimate of drug-likeness (QED) is 0.427. The zero-order valence-corrected chi connectivity index (χ0v) is 17.9. The molecule has 0 N–H and O–H groups in total. The maximum atomic E-state index is 5.30. The number of imidazole rings is 1. The Morgan fingerprint density at radius 2 is 1.52 bits per heavy atom. The first-order valence-electron chi connectivity index (χ1n) is 10.1. The molecular weight excluding hydrogens is 356 g/mol. The van der Waals surface area contributed by atoms with Gasteiger partial charge in [-0.3, -0.25) is 0 Å². The van der Waals surface area contributed by atoms with Gasteiger partial charge in [0.1, 0.15) is 11.6 Å². The number of methoxy groups -OCH3 is 1. The van der Waals surface area contributed by atoms with E-state index in [2.05, 4.69) is 74.7 Å². The van der Waals surface area contributed by atoms with E-state index in [9.17, 15) is 0 Å². The van der Waals surface area contributed by atoms with Crippen LogP contribution in [0.4, 0.5) is 0 Å². The number of nitrogens with zero attached hydrogens (tertiary/aromatic N) is 2. The molecule has 3 nitrogen and oxygen atoms in total. The minimum absolute atomic E-state index is 0.793. The van der Waals surface area contributed by atoms with Crippen molar-refractivity contribution >= 4 is 11.0 Å². The molecule has 0 bridgehead atoms. The number of rotatable bonds is 5. The molecule has 0 spiro atoms. The lowest BCUT2D eigenvalue weighted by molar-refractivity contribution is 0.414. The van der Waals surface area contributed by atoms with Crippen LogP contribution in [0, 0.1) is 27.7 Å². The molecule has 3 aromatic carbocycles. The van der Waals surface area contributed by atoms with Crippen molar-refractivity contribution in [2.24, 2.45) is 0 Å². The SMILES string of the molecule is COc1ccc(Cc2nc3ccccc3n2Cc2c(C)c(C)cc(C)c2C)cc1. The van der Waals surface area contributed by atoms with Gasteiger partial charge < -0.3 is 9.30 Å². The highest BCUT2D eigenvalue weighted by Crippen LogP contribution is 2.26. The Labute approximate surface area is 173 Å². The summed E-state index contributed by atoms with van der Waals surface area (Å²) in [5.41, 5.74) is 10.3. The van der Waals surface area contributed by atoms with Gasteiger partial charge in [0.05, 0.1) is 18.1 Å². The Balaban J connectivity index is 1.80. The van der Waals surface area contributed by atoms with Crippen LogP contribution >= 0.6 is 0 Å². The fraction of sp³-hybridized carbons (Fsp3) is 0.269. The number of hydrogen-bond acceptors (Lipinski definition) is 2. The van der Waals surface area contributed by atoms with Crippen molar-refractivity contribution < 1.29 is 4.74 Å². The molecule has 0 fully saturated rings. The summed E-state index contributed by atoms with van der Waals surface area (Å²) >= 11 is 0. The van der Waals surface area contributed by atoms with Gasteiger partial charge in [-0.25, -0.2) is 4.98 Å². The molecule has 29 heavy (non-hydrogen) atoms. The molecule has 4 rings (SSSR count). The third kappa shape index (κ3) is 3.65. The van der Waals surface area contributed by atoms with E-state index in [-0.39, 0.29) is 0 Å². The molecule has 0 amide bonds. The number of hydrogen-bond donors (Lipinski definition) is 0. The first-order chi connectivity index (χ1) is 14.0. The second kappa shape index (κ2) is 7.75. The van der Waals surface area contributed by atoms with Gasteiger partial charge in [0, 0.05) is 13.0 Å². The number of fused-ring (bicyclic) bond motifs is 1. The summed E-state index contributed by atoms with van der Waals surface area (Å²) in [5, 5.41) is 0. The van der Waals surface area contributed by atoms with Crippen molar-refractivity contribution in [1.82, 2.24) is 9.55 Å². The summed E-state index contributed by atoms with van der Waals surface area (Å²) in [4.78, 5) is 4.98. The summed E-state index contributed by atoms with van der Waals surface area (Å²) in [6.45, 7) is 9.72. The van der Waals surface area contributed by atoms with E-state index in [0.717, 1.165) is 30.1 Å². The minimum Gasteiger partial charge on any atom is -0.497 e. The van der Waals surface area contributed by atoms with Crippen molar-refractivity contribution in [2.45, 2.75) is 40.7 Å². The Morgan fingerprint density at radius 1 is 0.862 bits per heavy atom. The van der Waals surface area contributed by atoms with Gasteiger partial charge in [-0.05, 0) is 85.3 Å². The van der Waals surface area contributed by atoms with Gasteiger partial charge >= 0.3 is 0 Å². The van der Waals surface area contributed by atoms with Gasteiger partial charge in [-0.1, -0.05) is 30.3 Å². The maximum Gasteiger partial charge on any atom is 0.118 e. The number of para-hydroxylation sites is 2. The van der Waals surface area contributed by atoms with Gasteiger partial charge in [0.15, 0.2) is 0 Å². The largest absolute Gasteiger partial charge is 0.497 e. The highest BCUT2D eigenvalue weighted by molar-refractivity contribution is 5.76. The summed E-state index contributed by atoms with van der Waals surface area (Å²) in [6.07, 6.45) is 0.793. The topological polar surface area (TPSA) is 27.1 Å². The fourth-order valence-electron chi connectivity index (χ4n) is 4.06. The predicted octanol–water partition coefficient (Wildman–Crippen LogP) is 5.92. The standard InChI is InChI=1S/C26H28N2O/c1-17-14-18(2)20(4)23(19(17)3)16-28-25-9-7-6-8-24(25)27-26(28)15-21-10-12-22(29-5)13-11-21/h6-14H,15-16H2,1-5H3. The van der Waals surface area contributed by atoms with Crippen LogP contribution in [-0.2, 0) is 13.0 Å². The van der Waals surface area contributed by atoms with E-state index >= 15 is 0 Å². The fourth-order valence-corrected chi connectivity index (χ4v) is 4.06. The monoisotopic (exact) mass is 384 g/mol. The Bertz CT molecular complexity index is 1140. The minimum atomic E-state index is 0.793. The van der Waals surface area contributed by atoms with Crippen molar-refractivity contribution in [3.05, 3.63) is 93.8 Å². The van der Waals surface area contributed by atoms with Crippen molar-refractivity contribution in [2.75, 3.05) is 7.11 Å². The number of ether oxygens (including phenoxy) is 1. The van der Waals surface area contributed by atoms with Crippen LogP contribution in [0.25, 0.3) is 11.0 Å². The molecule has 0 atom stereocenters. The smallest absolute Gasteiger partial charge is 0.118 e. The third-order valence-electron chi connectivity index (χ3n) is 6.09. The van der Waals surface area contributed by atoms with E-state index in [1.54, 1.807) is 7.11 Å². The van der Waals surface area contributed by atoms with Gasteiger partial charge in [-0.15, -0.1) is 0 Å². The molecule has 4 aromatic rings. The van der Waals surface area contributed by atoms with Gasteiger partial charge in [0.25, 0.3) is 0 Å². The molecule has 0 saturated carbocycles. The van der Waals surface area contributed by atoms with Crippen molar-refractivity contribution in [3.63, 3.8) is 0 Å². The third-order valence-corrected chi connectivity index (χ3v) is 6.09. The Kier molecular flexibility index (Phi) is 5.14. The first kappa shape index (κ1) is 19.3. The second-order valence-corrected chi connectivity index (χ2v) is 7.87. The molecule has 148 valence electrons. The molecule has 0 aliphatic heterocycles. The lowest BCUT2D eigenvalue weighted by Gasteiger charge is -2.18. The van der Waals surface area contributed by atoms with Crippen LogP contribution in [0.1, 0.15) is 39.2 Å². The highest BCUT2D eigenvalue weighted by atomic mass is 16.5. The molecule has 1 aromatic heterocycles. The maximum absolute atomic E-state index is 5.30. The van der Waals surface area contributed by atoms with Gasteiger partial charge in [0.2, 0.25) is 0 Å². The zero-order chi connectivity index (χ0) is 20.5. The van der Waals surface area contributed by atoms with E-state index in [1.165, 1.54) is 38.9 Å². The number of benzene rings is 3. The van der Waals surface area contributed by atoms with Crippen LogP contribution < -0.4 is 4.74 Å². The van der Waals surface area contributed by atoms with E-state index in [0.29, 0.717) is 0 Å². The lowest BCUT2D eigenvalue weighted by atomic mass is 9.94. The predicted molar refractivity (Wildman–Crippen MR) is 120 cm³/mol. The van der Waals surface area contributed by atoms with Crippen LogP contribution in [0.15, 0.2) is 54.6 Å². The summed E-state index contributed by atoms with van der Waals surface area (Å²) in [7, 11) is 1.70. The molecule has 0 aliphatic rings. The van der Waals surface area contributed by atoms with E-state index < -0.39 is 0 Å². The number of aryl methyl sites for hydroxylation is 2. The van der Waals surface area contributed by atoms with E-state index in [4.69, 9.17) is 9.72 Å². The first-order valence-corrected chi connectivity index (χ1v) is 10.1. The average Bonchev–Trinajstić information content (AvgIpc) is 3.07.